The predicted octanol–water partition coefficient (Wildman–Crippen LogP) is 0.509. The molecular weight excluding hydrogens is 270 g/mol. The Bertz CT molecular complexity index is 589. The normalized spacial score (nSPS) is 28.2. The number of carbonyl (C=O) groups is 1. The first-order valence-electron chi connectivity index (χ1n) is 7.24. The highest BCUT2D eigenvalue weighted by molar-refractivity contribution is 5.93. The molecule has 0 aromatic carbocycles. The highest BCUT2D eigenvalue weighted by Gasteiger charge is 2.43. The molecule has 1 aliphatic heterocycles. The van der Waals surface area contributed by atoms with Gasteiger partial charge in [-0.1, -0.05) is 0 Å². The van der Waals surface area contributed by atoms with E-state index in [4.69, 9.17) is 10.00 Å². The molecule has 3 atom stereocenters. The third-order valence-electron chi connectivity index (χ3n) is 4.51. The molecule has 0 radical (unpaired) electrons. The first kappa shape index (κ1) is 14.1. The molecule has 1 amide bonds. The van der Waals surface area contributed by atoms with E-state index in [2.05, 4.69) is 6.07 Å². The van der Waals surface area contributed by atoms with Crippen LogP contribution in [0, 0.1) is 17.2 Å². The molecule has 0 spiro atoms. The lowest BCUT2D eigenvalue weighted by Gasteiger charge is -2.37. The van der Waals surface area contributed by atoms with Gasteiger partial charge >= 0.3 is 0 Å². The highest BCUT2D eigenvalue weighted by Crippen LogP contribution is 2.34. The van der Waals surface area contributed by atoms with Crippen molar-refractivity contribution in [1.29, 1.82) is 5.26 Å². The number of nitrogens with zero attached hydrogens (tertiary/aromatic N) is 3. The summed E-state index contributed by atoms with van der Waals surface area (Å²) in [6.45, 7) is 1.23. The Hall–Kier alpha value is -1.84. The second kappa shape index (κ2) is 5.51. The molecule has 21 heavy (non-hydrogen) atoms. The molecule has 1 N–H and O–H groups in total. The van der Waals surface area contributed by atoms with E-state index in [1.807, 2.05) is 4.90 Å². The topological polar surface area (TPSA) is 78.5 Å². The number of hydrogen-bond acceptors (Lipinski definition) is 4. The molecule has 1 aromatic heterocycles. The van der Waals surface area contributed by atoms with E-state index in [0.717, 1.165) is 12.8 Å². The van der Waals surface area contributed by atoms with E-state index in [-0.39, 0.29) is 30.6 Å². The lowest BCUT2D eigenvalue weighted by molar-refractivity contribution is -0.0451. The minimum absolute atomic E-state index is 0.0237. The Morgan fingerprint density at radius 1 is 1.57 bits per heavy atom. The van der Waals surface area contributed by atoms with Gasteiger partial charge < -0.3 is 19.3 Å². The van der Waals surface area contributed by atoms with Crippen molar-refractivity contribution in [3.8, 4) is 6.07 Å². The third kappa shape index (κ3) is 2.43. The van der Waals surface area contributed by atoms with E-state index in [9.17, 15) is 9.90 Å². The molecule has 1 saturated heterocycles. The lowest BCUT2D eigenvalue weighted by Crippen LogP contribution is -2.51. The Morgan fingerprint density at radius 3 is 3.05 bits per heavy atom. The van der Waals surface area contributed by atoms with Crippen molar-refractivity contribution in [2.45, 2.75) is 25.0 Å². The number of aryl methyl sites for hydroxylation is 1. The van der Waals surface area contributed by atoms with Gasteiger partial charge in [0.1, 0.15) is 11.8 Å². The smallest absolute Gasteiger partial charge is 0.270 e. The lowest BCUT2D eigenvalue weighted by atomic mass is 10.1. The molecule has 0 unspecified atom stereocenters. The van der Waals surface area contributed by atoms with Crippen LogP contribution in [0.5, 0.6) is 0 Å². The summed E-state index contributed by atoms with van der Waals surface area (Å²) in [5, 5.41) is 18.3. The van der Waals surface area contributed by atoms with Crippen molar-refractivity contribution in [3.05, 3.63) is 23.5 Å². The van der Waals surface area contributed by atoms with Crippen LogP contribution in [0.3, 0.4) is 0 Å². The number of fused-ring (bicyclic) bond motifs is 1. The van der Waals surface area contributed by atoms with Crippen LogP contribution < -0.4 is 0 Å². The molecule has 3 rings (SSSR count). The summed E-state index contributed by atoms with van der Waals surface area (Å²) in [6, 6.07) is 3.72. The van der Waals surface area contributed by atoms with Crippen molar-refractivity contribution in [2.24, 2.45) is 13.0 Å². The zero-order valence-electron chi connectivity index (χ0n) is 12.0. The van der Waals surface area contributed by atoms with Crippen LogP contribution in [0.25, 0.3) is 0 Å². The van der Waals surface area contributed by atoms with Crippen molar-refractivity contribution < 1.29 is 14.6 Å². The molecule has 1 aliphatic carbocycles. The first-order valence-corrected chi connectivity index (χ1v) is 7.24. The number of carbonyl (C=O) groups excluding carboxylic acids is 1. The number of hydrogen-bond donors (Lipinski definition) is 1. The van der Waals surface area contributed by atoms with Crippen molar-refractivity contribution in [2.75, 3.05) is 19.8 Å². The van der Waals surface area contributed by atoms with Crippen LogP contribution in [0.2, 0.25) is 0 Å². The van der Waals surface area contributed by atoms with E-state index < -0.39 is 0 Å². The van der Waals surface area contributed by atoms with Crippen molar-refractivity contribution in [3.63, 3.8) is 0 Å². The van der Waals surface area contributed by atoms with Gasteiger partial charge in [0.15, 0.2) is 0 Å². The predicted molar refractivity (Wildman–Crippen MR) is 74.5 cm³/mol. The fourth-order valence-electron chi connectivity index (χ4n) is 3.44. The molecular formula is C15H19N3O3. The Kier molecular flexibility index (Phi) is 3.70. The third-order valence-corrected chi connectivity index (χ3v) is 4.51. The van der Waals surface area contributed by atoms with Gasteiger partial charge in [0, 0.05) is 26.4 Å². The molecule has 2 heterocycles. The maximum absolute atomic E-state index is 12.8. The average molecular weight is 289 g/mol. The maximum Gasteiger partial charge on any atom is 0.270 e. The fourth-order valence-corrected chi connectivity index (χ4v) is 3.44. The van der Waals surface area contributed by atoms with Crippen LogP contribution in [-0.2, 0) is 11.8 Å². The number of ether oxygens (including phenoxy) is 1. The van der Waals surface area contributed by atoms with Gasteiger partial charge in [0.2, 0.25) is 0 Å². The van der Waals surface area contributed by atoms with Crippen molar-refractivity contribution >= 4 is 5.91 Å². The minimum Gasteiger partial charge on any atom is -0.396 e. The molecule has 2 aliphatic rings. The van der Waals surface area contributed by atoms with Crippen LogP contribution in [-0.4, -0.2) is 52.4 Å². The second-order valence-electron chi connectivity index (χ2n) is 5.83. The number of amides is 1. The summed E-state index contributed by atoms with van der Waals surface area (Å²) in [6.07, 6.45) is 3.27. The molecule has 2 fully saturated rings. The van der Waals surface area contributed by atoms with E-state index in [1.165, 1.54) is 0 Å². The van der Waals surface area contributed by atoms with E-state index >= 15 is 0 Å². The van der Waals surface area contributed by atoms with Gasteiger partial charge in [-0.15, -0.1) is 0 Å². The van der Waals surface area contributed by atoms with Gasteiger partial charge in [-0.05, 0) is 24.8 Å². The van der Waals surface area contributed by atoms with Crippen LogP contribution in [0.1, 0.15) is 28.9 Å². The van der Waals surface area contributed by atoms with Gasteiger partial charge in [-0.3, -0.25) is 4.79 Å². The van der Waals surface area contributed by atoms with Gasteiger partial charge in [0.05, 0.1) is 24.3 Å². The van der Waals surface area contributed by atoms with Crippen LogP contribution in [0.15, 0.2) is 12.3 Å². The number of morpholine rings is 1. The van der Waals surface area contributed by atoms with Gasteiger partial charge in [-0.2, -0.15) is 5.26 Å². The molecule has 0 bridgehead atoms. The molecule has 112 valence electrons. The maximum atomic E-state index is 12.8. The largest absolute Gasteiger partial charge is 0.396 e. The number of aromatic nitrogens is 1. The standard InChI is InChI=1S/C15H19N3O3/c1-17-8-11(7-16)5-13(17)15(20)18-2-3-21-14-6-10(9-19)4-12(14)18/h5,8,10,12,14,19H,2-4,6,9H2,1H3/t10-,12+,14+/m1/s1. The summed E-state index contributed by atoms with van der Waals surface area (Å²) >= 11 is 0. The van der Waals surface area contributed by atoms with Crippen molar-refractivity contribution in [1.82, 2.24) is 9.47 Å². The summed E-state index contributed by atoms with van der Waals surface area (Å²) < 4.78 is 7.44. The number of aliphatic hydroxyl groups excluding tert-OH is 1. The quantitative estimate of drug-likeness (QED) is 0.860. The summed E-state index contributed by atoms with van der Waals surface area (Å²) in [5.41, 5.74) is 1.02. The number of aliphatic hydroxyl groups is 1. The van der Waals surface area contributed by atoms with E-state index in [1.54, 1.807) is 23.9 Å². The number of nitriles is 1. The highest BCUT2D eigenvalue weighted by atomic mass is 16.5. The molecule has 6 nitrogen and oxygen atoms in total. The summed E-state index contributed by atoms with van der Waals surface area (Å²) in [7, 11) is 1.77. The Labute approximate surface area is 123 Å². The van der Waals surface area contributed by atoms with Crippen LogP contribution >= 0.6 is 0 Å². The first-order chi connectivity index (χ1) is 10.1. The summed E-state index contributed by atoms with van der Waals surface area (Å²) in [5.74, 6) is 0.146. The Balaban J connectivity index is 1.83. The summed E-state index contributed by atoms with van der Waals surface area (Å²) in [4.78, 5) is 14.6. The van der Waals surface area contributed by atoms with Gasteiger partial charge in [0.25, 0.3) is 5.91 Å². The molecule has 1 aromatic rings. The number of rotatable bonds is 2. The second-order valence-corrected chi connectivity index (χ2v) is 5.83. The fraction of sp³-hybridized carbons (Fsp3) is 0.600. The zero-order valence-corrected chi connectivity index (χ0v) is 12.0. The minimum atomic E-state index is -0.0594. The van der Waals surface area contributed by atoms with Gasteiger partial charge in [-0.25, -0.2) is 0 Å². The average Bonchev–Trinajstić information content (AvgIpc) is 3.08. The zero-order chi connectivity index (χ0) is 15.0. The Morgan fingerprint density at radius 2 is 2.38 bits per heavy atom. The molecule has 1 saturated carbocycles. The van der Waals surface area contributed by atoms with Crippen LogP contribution in [0.4, 0.5) is 0 Å². The molecule has 6 heteroatoms. The monoisotopic (exact) mass is 289 g/mol. The van der Waals surface area contributed by atoms with E-state index in [0.29, 0.717) is 24.4 Å². The SMILES string of the molecule is Cn1cc(C#N)cc1C(=O)N1CCO[C@H]2C[C@H](CO)C[C@@H]21.